The second kappa shape index (κ2) is 4.13. The molecule has 2 aliphatic rings. The molecule has 0 radical (unpaired) electrons. The van der Waals surface area contributed by atoms with Crippen molar-refractivity contribution in [2.45, 2.75) is 18.3 Å². The van der Waals surface area contributed by atoms with Crippen molar-refractivity contribution in [3.05, 3.63) is 59.1 Å². The lowest BCUT2D eigenvalue weighted by molar-refractivity contribution is 0.344. The first-order chi connectivity index (χ1) is 10.3. The first kappa shape index (κ1) is 12.0. The van der Waals surface area contributed by atoms with Crippen molar-refractivity contribution in [3.8, 4) is 11.9 Å². The maximum Gasteiger partial charge on any atom is 0.221 e. The predicted molar refractivity (Wildman–Crippen MR) is 76.0 cm³/mol. The van der Waals surface area contributed by atoms with Crippen molar-refractivity contribution >= 4 is 0 Å². The van der Waals surface area contributed by atoms with Crippen LogP contribution in [-0.4, -0.2) is 10.2 Å². The number of nitrogens with one attached hydrogen (secondary N) is 1. The quantitative estimate of drug-likeness (QED) is 0.881. The Kier molecular flexibility index (Phi) is 2.36. The second-order valence-corrected chi connectivity index (χ2v) is 5.51. The lowest BCUT2D eigenvalue weighted by Crippen LogP contribution is -2.38. The normalized spacial score (nSPS) is 24.1. The molecule has 3 N–H and O–H groups in total. The van der Waals surface area contributed by atoms with Gasteiger partial charge in [0, 0.05) is 0 Å². The van der Waals surface area contributed by atoms with E-state index in [2.05, 4.69) is 16.3 Å². The van der Waals surface area contributed by atoms with Gasteiger partial charge in [-0.3, -0.25) is 0 Å². The number of hydrogen-bond acceptors (Lipinski definition) is 4. The van der Waals surface area contributed by atoms with Crippen LogP contribution in [0.3, 0.4) is 0 Å². The number of nitrogens with zero attached hydrogens (tertiary/aromatic N) is 2. The fourth-order valence-electron chi connectivity index (χ4n) is 3.44. The molecule has 0 bridgehead atoms. The summed E-state index contributed by atoms with van der Waals surface area (Å²) in [5.41, 5.74) is 7.95. The van der Waals surface area contributed by atoms with Gasteiger partial charge in [0.2, 0.25) is 11.8 Å². The summed E-state index contributed by atoms with van der Waals surface area (Å²) in [4.78, 5) is 0. The summed E-state index contributed by atoms with van der Waals surface area (Å²) in [6.45, 7) is 0. The number of aromatic nitrogens is 2. The molecular formula is C16H14N4O. The maximum absolute atomic E-state index is 9.70. The molecule has 21 heavy (non-hydrogen) atoms. The van der Waals surface area contributed by atoms with Crippen LogP contribution in [0.4, 0.5) is 0 Å². The maximum atomic E-state index is 9.70. The molecule has 1 aromatic carbocycles. The third-order valence-electron chi connectivity index (χ3n) is 4.41. The number of fused-ring (bicyclic) bond motifs is 1. The van der Waals surface area contributed by atoms with Crippen molar-refractivity contribution in [2.75, 3.05) is 0 Å². The average molecular weight is 278 g/mol. The second-order valence-electron chi connectivity index (χ2n) is 5.51. The Hall–Kier alpha value is -2.74. The van der Waals surface area contributed by atoms with Crippen LogP contribution in [-0.2, 0) is 5.41 Å². The number of H-pyrrole nitrogens is 1. The summed E-state index contributed by atoms with van der Waals surface area (Å²) in [5, 5.41) is 16.6. The highest BCUT2D eigenvalue weighted by Gasteiger charge is 2.55. The zero-order valence-electron chi connectivity index (χ0n) is 11.3. The highest BCUT2D eigenvalue weighted by molar-refractivity contribution is 5.60. The number of aromatic amines is 1. The summed E-state index contributed by atoms with van der Waals surface area (Å²) >= 11 is 0. The highest BCUT2D eigenvalue weighted by atomic mass is 16.5. The summed E-state index contributed by atoms with van der Waals surface area (Å²) in [6, 6.07) is 12.3. The van der Waals surface area contributed by atoms with Gasteiger partial charge in [0.1, 0.15) is 11.6 Å². The summed E-state index contributed by atoms with van der Waals surface area (Å²) in [5.74, 6) is 1.07. The Morgan fingerprint density at radius 2 is 2.10 bits per heavy atom. The molecule has 2 heterocycles. The van der Waals surface area contributed by atoms with Crippen LogP contribution >= 0.6 is 0 Å². The Morgan fingerprint density at radius 3 is 2.76 bits per heavy atom. The molecule has 1 saturated carbocycles. The molecule has 104 valence electrons. The van der Waals surface area contributed by atoms with Gasteiger partial charge in [-0.15, -0.1) is 0 Å². The van der Waals surface area contributed by atoms with E-state index < -0.39 is 5.41 Å². The van der Waals surface area contributed by atoms with E-state index in [0.29, 0.717) is 17.4 Å². The van der Waals surface area contributed by atoms with Crippen molar-refractivity contribution in [1.82, 2.24) is 10.2 Å². The predicted octanol–water partition coefficient (Wildman–Crippen LogP) is 2.19. The molecule has 4 rings (SSSR count). The number of ether oxygens (including phenoxy) is 1. The molecule has 2 aromatic rings. The summed E-state index contributed by atoms with van der Waals surface area (Å²) in [6.07, 6.45) is 3.89. The van der Waals surface area contributed by atoms with Gasteiger partial charge in [0.15, 0.2) is 0 Å². The van der Waals surface area contributed by atoms with Crippen LogP contribution in [0, 0.1) is 17.2 Å². The molecule has 1 unspecified atom stereocenters. The Labute approximate surface area is 122 Å². The lowest BCUT2D eigenvalue weighted by Gasteiger charge is -2.37. The van der Waals surface area contributed by atoms with Gasteiger partial charge in [-0.05, 0) is 24.3 Å². The fraction of sp³-hybridized carbons (Fsp3) is 0.250. The average Bonchev–Trinajstić information content (AvgIpc) is 3.25. The van der Waals surface area contributed by atoms with Crippen LogP contribution in [0.5, 0.6) is 5.88 Å². The van der Waals surface area contributed by atoms with Gasteiger partial charge in [0.25, 0.3) is 0 Å². The molecule has 5 heteroatoms. The van der Waals surface area contributed by atoms with Crippen LogP contribution in [0.15, 0.2) is 48.0 Å². The van der Waals surface area contributed by atoms with Crippen molar-refractivity contribution in [1.29, 1.82) is 5.26 Å². The van der Waals surface area contributed by atoms with Crippen LogP contribution in [0.1, 0.15) is 24.0 Å². The molecule has 1 fully saturated rings. The van der Waals surface area contributed by atoms with E-state index in [1.165, 1.54) is 0 Å². The molecule has 1 aliphatic heterocycles. The lowest BCUT2D eigenvalue weighted by atomic mass is 9.66. The van der Waals surface area contributed by atoms with E-state index in [1.807, 2.05) is 30.3 Å². The van der Waals surface area contributed by atoms with E-state index in [0.717, 1.165) is 24.0 Å². The van der Waals surface area contributed by atoms with Gasteiger partial charge in [-0.25, -0.2) is 5.10 Å². The number of allylic oxidation sites excluding steroid dienone is 1. The van der Waals surface area contributed by atoms with Gasteiger partial charge in [0.05, 0.1) is 17.2 Å². The third-order valence-corrected chi connectivity index (χ3v) is 4.41. The Balaban J connectivity index is 2.08. The Bertz CT molecular complexity index is 767. The Morgan fingerprint density at radius 1 is 1.33 bits per heavy atom. The first-order valence-electron chi connectivity index (χ1n) is 6.96. The fourth-order valence-corrected chi connectivity index (χ4v) is 3.44. The number of rotatable bonds is 2. The molecular weight excluding hydrogens is 264 g/mol. The van der Waals surface area contributed by atoms with Crippen LogP contribution in [0.25, 0.3) is 0 Å². The van der Waals surface area contributed by atoms with E-state index in [1.54, 1.807) is 6.20 Å². The van der Waals surface area contributed by atoms with Crippen molar-refractivity contribution in [2.24, 2.45) is 11.7 Å². The molecule has 1 atom stereocenters. The standard InChI is InChI=1S/C16H14N4O/c17-8-12-14(18)21-15-13(9-19-20-15)16(12,11-6-7-11)10-4-2-1-3-5-10/h1-5,9,11H,6-7,18H2,(H,19,20). The van der Waals surface area contributed by atoms with Gasteiger partial charge in [-0.1, -0.05) is 30.3 Å². The van der Waals surface area contributed by atoms with E-state index >= 15 is 0 Å². The number of nitriles is 1. The zero-order chi connectivity index (χ0) is 14.4. The molecule has 0 saturated heterocycles. The summed E-state index contributed by atoms with van der Waals surface area (Å²) in [7, 11) is 0. The smallest absolute Gasteiger partial charge is 0.221 e. The van der Waals surface area contributed by atoms with Gasteiger partial charge >= 0.3 is 0 Å². The number of nitrogens with two attached hydrogens (primary N) is 1. The van der Waals surface area contributed by atoms with Crippen molar-refractivity contribution in [3.63, 3.8) is 0 Å². The van der Waals surface area contributed by atoms with E-state index in [9.17, 15) is 5.26 Å². The zero-order valence-corrected chi connectivity index (χ0v) is 11.3. The molecule has 1 aliphatic carbocycles. The number of benzene rings is 1. The molecule has 0 spiro atoms. The minimum atomic E-state index is -0.541. The highest BCUT2D eigenvalue weighted by Crippen LogP contribution is 2.58. The largest absolute Gasteiger partial charge is 0.422 e. The van der Waals surface area contributed by atoms with Crippen LogP contribution in [0.2, 0.25) is 0 Å². The van der Waals surface area contributed by atoms with E-state index in [4.69, 9.17) is 10.5 Å². The van der Waals surface area contributed by atoms with Gasteiger partial charge in [-0.2, -0.15) is 10.4 Å². The van der Waals surface area contributed by atoms with Crippen LogP contribution < -0.4 is 10.5 Å². The molecule has 1 aromatic heterocycles. The topological polar surface area (TPSA) is 87.7 Å². The minimum absolute atomic E-state index is 0.171. The SMILES string of the molecule is N#CC1=C(N)Oc2[nH]ncc2C1(c1ccccc1)C1CC1. The minimum Gasteiger partial charge on any atom is -0.422 e. The number of hydrogen-bond donors (Lipinski definition) is 2. The van der Waals surface area contributed by atoms with Gasteiger partial charge < -0.3 is 10.5 Å². The molecule has 5 nitrogen and oxygen atoms in total. The summed E-state index contributed by atoms with van der Waals surface area (Å²) < 4.78 is 5.55. The van der Waals surface area contributed by atoms with E-state index in [-0.39, 0.29) is 5.88 Å². The molecule has 0 amide bonds. The first-order valence-corrected chi connectivity index (χ1v) is 6.96. The third kappa shape index (κ3) is 1.47. The monoisotopic (exact) mass is 278 g/mol. The van der Waals surface area contributed by atoms with Crippen molar-refractivity contribution < 1.29 is 4.74 Å².